The van der Waals surface area contributed by atoms with E-state index in [0.29, 0.717) is 26.7 Å². The highest BCUT2D eigenvalue weighted by Crippen LogP contribution is 2.37. The quantitative estimate of drug-likeness (QED) is 0.0910. The molecule has 0 saturated heterocycles. The average Bonchev–Trinajstić information content (AvgIpc) is 3.01. The van der Waals surface area contributed by atoms with Gasteiger partial charge in [0.1, 0.15) is 19.0 Å². The van der Waals surface area contributed by atoms with Crippen molar-refractivity contribution in [2.45, 2.75) is 32.5 Å². The zero-order valence-electron chi connectivity index (χ0n) is 27.6. The summed E-state index contributed by atoms with van der Waals surface area (Å²) >= 11 is 18.8. The molecule has 0 amide bonds. The molecule has 12 nitrogen and oxygen atoms in total. The fourth-order valence-electron chi connectivity index (χ4n) is 4.41. The highest BCUT2D eigenvalue weighted by atomic mass is 79.9. The molecular weight excluding hydrogens is 917 g/mol. The first-order chi connectivity index (χ1) is 24.6. The van der Waals surface area contributed by atoms with Crippen LogP contribution in [-0.4, -0.2) is 51.5 Å². The van der Waals surface area contributed by atoms with Crippen molar-refractivity contribution in [1.29, 1.82) is 0 Å². The van der Waals surface area contributed by atoms with Crippen LogP contribution in [0.15, 0.2) is 69.6 Å². The minimum absolute atomic E-state index is 0.00439. The molecule has 286 valence electrons. The van der Waals surface area contributed by atoms with Gasteiger partial charge in [0.05, 0.1) is 49.3 Å². The van der Waals surface area contributed by atoms with Gasteiger partial charge < -0.3 is 19.7 Å². The van der Waals surface area contributed by atoms with Crippen LogP contribution in [0.3, 0.4) is 0 Å². The normalized spacial score (nSPS) is 11.2. The monoisotopic (exact) mass is 944 g/mol. The van der Waals surface area contributed by atoms with Gasteiger partial charge in [-0.1, -0.05) is 47.5 Å². The summed E-state index contributed by atoms with van der Waals surface area (Å²) in [6.07, 6.45) is 1.96. The molecule has 4 rings (SSSR count). The fourth-order valence-corrected chi connectivity index (χ4v) is 7.68. The number of rotatable bonds is 15. The van der Waals surface area contributed by atoms with E-state index in [0.717, 1.165) is 18.1 Å². The predicted molar refractivity (Wildman–Crippen MR) is 204 cm³/mol. The topological polar surface area (TPSA) is 185 Å². The Kier molecular flexibility index (Phi) is 15.7. The molecule has 4 aromatic carbocycles. The number of benzene rings is 4. The maximum atomic E-state index is 14.5. The molecule has 0 fully saturated rings. The number of nitrogens with one attached hydrogen (secondary N) is 2. The molecule has 4 N–H and O–H groups in total. The lowest BCUT2D eigenvalue weighted by atomic mass is 10.1. The Morgan fingerprint density at radius 2 is 1.15 bits per heavy atom. The largest absolute Gasteiger partial charge is 0.486 e. The lowest BCUT2D eigenvalue weighted by Gasteiger charge is -2.14. The summed E-state index contributed by atoms with van der Waals surface area (Å²) < 4.78 is 90.4. The van der Waals surface area contributed by atoms with Crippen LogP contribution in [0.25, 0.3) is 0 Å². The van der Waals surface area contributed by atoms with E-state index >= 15 is 0 Å². The smallest absolute Gasteiger partial charge is 0.307 e. The number of anilines is 2. The number of carboxylic acids is 2. The second-order valence-corrected chi connectivity index (χ2v) is 17.1. The minimum atomic E-state index is -3.63. The van der Waals surface area contributed by atoms with Crippen molar-refractivity contribution in [3.8, 4) is 11.5 Å². The number of aryl methyl sites for hydroxylation is 1. The molecule has 0 aromatic heterocycles. The van der Waals surface area contributed by atoms with E-state index < -0.39 is 43.6 Å². The van der Waals surface area contributed by atoms with Crippen LogP contribution >= 0.6 is 55.1 Å². The molecule has 0 bridgehead atoms. The highest BCUT2D eigenvalue weighted by molar-refractivity contribution is 9.11. The number of hydrogen-bond donors (Lipinski definition) is 4. The van der Waals surface area contributed by atoms with E-state index in [-0.39, 0.29) is 64.4 Å². The first-order valence-corrected chi connectivity index (χ1v) is 20.9. The van der Waals surface area contributed by atoms with Crippen LogP contribution in [0.2, 0.25) is 10.0 Å². The van der Waals surface area contributed by atoms with Crippen molar-refractivity contribution in [2.75, 3.05) is 22.0 Å². The van der Waals surface area contributed by atoms with Crippen molar-refractivity contribution in [1.82, 2.24) is 0 Å². The number of carboxylic acid groups (broad SMARTS) is 2. The van der Waals surface area contributed by atoms with E-state index in [1.807, 2.05) is 0 Å². The standard InChI is InChI=1S/C17H16Br2FNO5S.C16H14Cl2FNO5S/c1-27(24,25)21-14-4-2-3-11(16(14)20)9-26-17-12(18)7-10(8-13(17)19)5-6-15(22)23;1-26(23,24)20-13-4-2-3-10(15(13)19)8-25-16-11(17)5-9(6-12(16)18)7-14(21)22/h2-4,7-8,21H,5-6,9H2,1H3,(H,22,23);2-6,20H,7-8H2,1H3,(H,21,22). The Morgan fingerprint density at radius 1 is 0.717 bits per heavy atom. The maximum Gasteiger partial charge on any atom is 0.307 e. The fraction of sp³-hybridized carbons (Fsp3) is 0.212. The number of aliphatic carboxylic acids is 2. The van der Waals surface area contributed by atoms with Crippen LogP contribution in [-0.2, 0) is 55.7 Å². The van der Waals surface area contributed by atoms with Gasteiger partial charge in [0.25, 0.3) is 0 Å². The third kappa shape index (κ3) is 14.2. The zero-order chi connectivity index (χ0) is 39.7. The number of ether oxygens (including phenoxy) is 2. The third-order valence-electron chi connectivity index (χ3n) is 6.59. The predicted octanol–water partition coefficient (Wildman–Crippen LogP) is 8.03. The zero-order valence-corrected chi connectivity index (χ0v) is 33.9. The summed E-state index contributed by atoms with van der Waals surface area (Å²) in [5.74, 6) is -2.93. The molecular formula is C33H30Br2Cl2F2N2O10S2. The SMILES string of the molecule is CS(=O)(=O)Nc1cccc(COc2c(Br)cc(CCC(=O)O)cc2Br)c1F.CS(=O)(=O)Nc1cccc(COc2c(Cl)cc(CC(=O)O)cc2Cl)c1F. The van der Waals surface area contributed by atoms with Gasteiger partial charge in [-0.15, -0.1) is 0 Å². The van der Waals surface area contributed by atoms with Gasteiger partial charge in [-0.2, -0.15) is 0 Å². The summed E-state index contributed by atoms with van der Waals surface area (Å²) in [4.78, 5) is 21.4. The molecule has 0 aliphatic carbocycles. The van der Waals surface area contributed by atoms with Gasteiger partial charge in [-0.05, 0) is 85.8 Å². The average molecular weight is 947 g/mol. The van der Waals surface area contributed by atoms with E-state index in [2.05, 4.69) is 41.3 Å². The Bertz CT molecular complexity index is 2190. The van der Waals surface area contributed by atoms with Crippen LogP contribution in [0, 0.1) is 11.6 Å². The number of sulfonamides is 2. The van der Waals surface area contributed by atoms with Gasteiger partial charge >= 0.3 is 11.9 Å². The number of carbonyl (C=O) groups is 2. The molecule has 0 radical (unpaired) electrons. The molecule has 53 heavy (non-hydrogen) atoms. The maximum absolute atomic E-state index is 14.5. The lowest BCUT2D eigenvalue weighted by Crippen LogP contribution is -2.12. The molecule has 0 heterocycles. The Labute approximate surface area is 330 Å². The van der Waals surface area contributed by atoms with E-state index in [4.69, 9.17) is 42.9 Å². The summed E-state index contributed by atoms with van der Waals surface area (Å²) in [6.45, 7) is -0.389. The van der Waals surface area contributed by atoms with Crippen molar-refractivity contribution < 1.29 is 54.9 Å². The molecule has 0 aliphatic rings. The van der Waals surface area contributed by atoms with Crippen molar-refractivity contribution in [3.63, 3.8) is 0 Å². The Morgan fingerprint density at radius 3 is 1.55 bits per heavy atom. The Balaban J connectivity index is 0.000000286. The second kappa shape index (κ2) is 19.1. The molecule has 0 atom stereocenters. The molecule has 0 saturated carbocycles. The first kappa shape index (κ1) is 43.7. The Hall–Kier alpha value is -3.68. The summed E-state index contributed by atoms with van der Waals surface area (Å²) in [6, 6.07) is 14.8. The van der Waals surface area contributed by atoms with Crippen LogP contribution in [0.1, 0.15) is 28.7 Å². The van der Waals surface area contributed by atoms with Crippen LogP contribution < -0.4 is 18.9 Å². The van der Waals surface area contributed by atoms with E-state index in [9.17, 15) is 35.2 Å². The van der Waals surface area contributed by atoms with Gasteiger partial charge in [0.15, 0.2) is 17.4 Å². The summed E-state index contributed by atoms with van der Waals surface area (Å²) in [5.41, 5.74) is 1.10. The first-order valence-electron chi connectivity index (χ1n) is 14.8. The van der Waals surface area contributed by atoms with Gasteiger partial charge in [0.2, 0.25) is 20.0 Å². The molecule has 20 heteroatoms. The van der Waals surface area contributed by atoms with Gasteiger partial charge in [0, 0.05) is 17.5 Å². The van der Waals surface area contributed by atoms with Gasteiger partial charge in [-0.25, -0.2) is 25.6 Å². The van der Waals surface area contributed by atoms with E-state index in [1.165, 1.54) is 48.5 Å². The van der Waals surface area contributed by atoms with Crippen LogP contribution in [0.4, 0.5) is 20.2 Å². The summed E-state index contributed by atoms with van der Waals surface area (Å²) in [7, 11) is -7.23. The number of hydrogen-bond acceptors (Lipinski definition) is 8. The molecule has 0 unspecified atom stereocenters. The van der Waals surface area contributed by atoms with Crippen molar-refractivity contribution >= 4 is 98.4 Å². The summed E-state index contributed by atoms with van der Waals surface area (Å²) in [5, 5.41) is 17.7. The number of halogens is 6. The van der Waals surface area contributed by atoms with E-state index in [1.54, 1.807) is 12.1 Å². The van der Waals surface area contributed by atoms with Crippen molar-refractivity contribution in [2.24, 2.45) is 0 Å². The molecule has 4 aromatic rings. The van der Waals surface area contributed by atoms with Gasteiger partial charge in [-0.3, -0.25) is 19.0 Å². The third-order valence-corrected chi connectivity index (χ3v) is 9.51. The highest BCUT2D eigenvalue weighted by Gasteiger charge is 2.17. The van der Waals surface area contributed by atoms with Crippen LogP contribution in [0.5, 0.6) is 11.5 Å². The van der Waals surface area contributed by atoms with Crippen molar-refractivity contribution in [3.05, 3.63) is 114 Å². The lowest BCUT2D eigenvalue weighted by molar-refractivity contribution is -0.137. The minimum Gasteiger partial charge on any atom is -0.486 e. The molecule has 0 aliphatic heterocycles. The second-order valence-electron chi connectivity index (χ2n) is 11.1. The molecule has 0 spiro atoms.